The molecule has 1 unspecified atom stereocenters. The molecule has 0 radical (unpaired) electrons. The molecule has 0 saturated heterocycles. The molecule has 0 aromatic rings. The van der Waals surface area contributed by atoms with Gasteiger partial charge in [-0.1, -0.05) is 19.9 Å². The van der Waals surface area contributed by atoms with E-state index >= 15 is 0 Å². The first kappa shape index (κ1) is 10.8. The summed E-state index contributed by atoms with van der Waals surface area (Å²) in [5.74, 6) is 1.50. The molecule has 0 saturated carbocycles. The Balaban J connectivity index is 2.37. The Hall–Kier alpha value is -0.275. The number of hydrogen-bond donors (Lipinski definition) is 2. The molecule has 0 amide bonds. The van der Waals surface area contributed by atoms with Crippen LogP contribution < -0.4 is 0 Å². The molecule has 0 fully saturated rings. The molecule has 0 aromatic carbocycles. The Morgan fingerprint density at radius 1 is 1.54 bits per heavy atom. The highest BCUT2D eigenvalue weighted by molar-refractivity contribution is 6.50. The number of rotatable bonds is 3. The van der Waals surface area contributed by atoms with Gasteiger partial charge in [-0.05, 0) is 43.0 Å². The van der Waals surface area contributed by atoms with Crippen molar-refractivity contribution in [2.45, 2.75) is 39.5 Å². The minimum absolute atomic E-state index is 0.749. The Morgan fingerprint density at radius 3 is 2.62 bits per heavy atom. The fourth-order valence-electron chi connectivity index (χ4n) is 2.02. The van der Waals surface area contributed by atoms with E-state index in [1.165, 1.54) is 6.42 Å². The lowest BCUT2D eigenvalue weighted by Crippen LogP contribution is -2.20. The molecule has 0 aliphatic heterocycles. The summed E-state index contributed by atoms with van der Waals surface area (Å²) in [5.41, 5.74) is 0.806. The lowest BCUT2D eigenvalue weighted by Gasteiger charge is -2.22. The van der Waals surface area contributed by atoms with Crippen molar-refractivity contribution in [2.75, 3.05) is 0 Å². The van der Waals surface area contributed by atoms with Gasteiger partial charge in [0.25, 0.3) is 0 Å². The average molecular weight is 182 g/mol. The van der Waals surface area contributed by atoms with Crippen LogP contribution in [0.2, 0.25) is 0 Å². The molecule has 2 N–H and O–H groups in total. The third-order valence-electron chi connectivity index (χ3n) is 2.69. The van der Waals surface area contributed by atoms with E-state index in [-0.39, 0.29) is 0 Å². The quantitative estimate of drug-likeness (QED) is 0.653. The van der Waals surface area contributed by atoms with Gasteiger partial charge in [-0.3, -0.25) is 0 Å². The van der Waals surface area contributed by atoms with E-state index in [9.17, 15) is 0 Å². The Kier molecular flexibility index (Phi) is 4.01. The lowest BCUT2D eigenvalue weighted by molar-refractivity contribution is 0.368. The third kappa shape index (κ3) is 3.53. The van der Waals surface area contributed by atoms with Crippen LogP contribution in [0, 0.1) is 11.8 Å². The first-order valence-corrected chi connectivity index (χ1v) is 5.14. The molecule has 1 aliphatic rings. The molecule has 2 nitrogen and oxygen atoms in total. The van der Waals surface area contributed by atoms with Gasteiger partial charge in [0.05, 0.1) is 0 Å². The summed E-state index contributed by atoms with van der Waals surface area (Å²) in [4.78, 5) is 0. The van der Waals surface area contributed by atoms with Gasteiger partial charge in [0, 0.05) is 0 Å². The SMILES string of the molecule is CC(C)CC1CC=C(B(O)O)CC1. The Morgan fingerprint density at radius 2 is 2.23 bits per heavy atom. The fourth-order valence-corrected chi connectivity index (χ4v) is 2.02. The summed E-state index contributed by atoms with van der Waals surface area (Å²) in [5, 5.41) is 17.9. The first-order chi connectivity index (χ1) is 6.09. The van der Waals surface area contributed by atoms with Crippen LogP contribution in [0.3, 0.4) is 0 Å². The van der Waals surface area contributed by atoms with Crippen molar-refractivity contribution in [3.63, 3.8) is 0 Å². The summed E-state index contributed by atoms with van der Waals surface area (Å²) >= 11 is 0. The average Bonchev–Trinajstić information content (AvgIpc) is 2.04. The van der Waals surface area contributed by atoms with E-state index in [1.807, 2.05) is 6.08 Å². The van der Waals surface area contributed by atoms with Crippen LogP contribution in [-0.2, 0) is 0 Å². The van der Waals surface area contributed by atoms with Gasteiger partial charge in [-0.2, -0.15) is 0 Å². The van der Waals surface area contributed by atoms with E-state index in [4.69, 9.17) is 10.0 Å². The lowest BCUT2D eigenvalue weighted by atomic mass is 9.70. The molecule has 3 heteroatoms. The highest BCUT2D eigenvalue weighted by Crippen LogP contribution is 2.28. The Labute approximate surface area is 80.8 Å². The van der Waals surface area contributed by atoms with E-state index in [1.54, 1.807) is 0 Å². The summed E-state index contributed by atoms with van der Waals surface area (Å²) in [6.45, 7) is 4.47. The van der Waals surface area contributed by atoms with Gasteiger partial charge >= 0.3 is 7.12 Å². The van der Waals surface area contributed by atoms with Crippen LogP contribution in [0.25, 0.3) is 0 Å². The maximum atomic E-state index is 8.93. The number of hydrogen-bond acceptors (Lipinski definition) is 2. The van der Waals surface area contributed by atoms with Gasteiger partial charge in [-0.15, -0.1) is 0 Å². The van der Waals surface area contributed by atoms with Crippen molar-refractivity contribution in [1.82, 2.24) is 0 Å². The molecule has 1 aliphatic carbocycles. The first-order valence-electron chi connectivity index (χ1n) is 5.14. The normalized spacial score (nSPS) is 23.2. The van der Waals surface area contributed by atoms with Crippen LogP contribution in [0.4, 0.5) is 0 Å². The van der Waals surface area contributed by atoms with Crippen molar-refractivity contribution in [3.8, 4) is 0 Å². The predicted molar refractivity (Wildman–Crippen MR) is 55.1 cm³/mol. The summed E-state index contributed by atoms with van der Waals surface area (Å²) in [6.07, 6.45) is 6.24. The fraction of sp³-hybridized carbons (Fsp3) is 0.800. The molecular weight excluding hydrogens is 163 g/mol. The van der Waals surface area contributed by atoms with Crippen LogP contribution in [0.1, 0.15) is 39.5 Å². The standard InChI is InChI=1S/C10H19BO2/c1-8(2)7-9-3-5-10(6-4-9)11(12)13/h5,8-9,12-13H,3-4,6-7H2,1-2H3. The van der Waals surface area contributed by atoms with Crippen molar-refractivity contribution in [3.05, 3.63) is 11.5 Å². The summed E-state index contributed by atoms with van der Waals surface area (Å²) < 4.78 is 0. The van der Waals surface area contributed by atoms with E-state index in [0.717, 1.165) is 36.6 Å². The minimum Gasteiger partial charge on any atom is -0.423 e. The second-order valence-electron chi connectivity index (χ2n) is 4.42. The van der Waals surface area contributed by atoms with Gasteiger partial charge in [0.1, 0.15) is 0 Å². The molecule has 0 aromatic heterocycles. The van der Waals surface area contributed by atoms with Gasteiger partial charge in [0.15, 0.2) is 0 Å². The van der Waals surface area contributed by atoms with Gasteiger partial charge in [-0.25, -0.2) is 0 Å². The second kappa shape index (κ2) is 4.82. The smallest absolute Gasteiger partial charge is 0.423 e. The van der Waals surface area contributed by atoms with E-state index in [0.29, 0.717) is 0 Å². The van der Waals surface area contributed by atoms with Crippen LogP contribution in [-0.4, -0.2) is 17.2 Å². The summed E-state index contributed by atoms with van der Waals surface area (Å²) in [6, 6.07) is 0. The zero-order valence-corrected chi connectivity index (χ0v) is 8.53. The van der Waals surface area contributed by atoms with Crippen molar-refractivity contribution in [2.24, 2.45) is 11.8 Å². The molecule has 1 rings (SSSR count). The van der Waals surface area contributed by atoms with Gasteiger partial charge in [0.2, 0.25) is 0 Å². The molecule has 0 bridgehead atoms. The summed E-state index contributed by atoms with van der Waals surface area (Å²) in [7, 11) is -1.22. The molecule has 0 spiro atoms. The predicted octanol–water partition coefficient (Wildman–Crippen LogP) is 1.77. The van der Waals surface area contributed by atoms with E-state index < -0.39 is 7.12 Å². The molecule has 0 heterocycles. The van der Waals surface area contributed by atoms with Crippen LogP contribution in [0.15, 0.2) is 11.5 Å². The molecule has 13 heavy (non-hydrogen) atoms. The highest BCUT2D eigenvalue weighted by Gasteiger charge is 2.21. The molecule has 1 atom stereocenters. The molecular formula is C10H19BO2. The highest BCUT2D eigenvalue weighted by atomic mass is 16.4. The third-order valence-corrected chi connectivity index (χ3v) is 2.69. The topological polar surface area (TPSA) is 40.5 Å². The van der Waals surface area contributed by atoms with Crippen molar-refractivity contribution >= 4 is 7.12 Å². The minimum atomic E-state index is -1.22. The number of allylic oxidation sites excluding steroid dienone is 2. The zero-order chi connectivity index (χ0) is 9.84. The van der Waals surface area contributed by atoms with E-state index in [2.05, 4.69) is 13.8 Å². The van der Waals surface area contributed by atoms with Gasteiger partial charge < -0.3 is 10.0 Å². The largest absolute Gasteiger partial charge is 0.483 e. The Bertz CT molecular complexity index is 187. The molecule has 74 valence electrons. The van der Waals surface area contributed by atoms with Crippen LogP contribution >= 0.6 is 0 Å². The van der Waals surface area contributed by atoms with Crippen LogP contribution in [0.5, 0.6) is 0 Å². The zero-order valence-electron chi connectivity index (χ0n) is 8.53. The second-order valence-corrected chi connectivity index (χ2v) is 4.42. The van der Waals surface area contributed by atoms with Crippen molar-refractivity contribution < 1.29 is 10.0 Å². The van der Waals surface area contributed by atoms with Crippen molar-refractivity contribution in [1.29, 1.82) is 0 Å². The monoisotopic (exact) mass is 182 g/mol. The maximum Gasteiger partial charge on any atom is 0.483 e. The maximum absolute atomic E-state index is 8.93.